The van der Waals surface area contributed by atoms with E-state index >= 15 is 0 Å². The summed E-state index contributed by atoms with van der Waals surface area (Å²) in [6.45, 7) is 2.43. The summed E-state index contributed by atoms with van der Waals surface area (Å²) in [5, 5.41) is 1.70. The Kier molecular flexibility index (Phi) is 4.88. The molecule has 1 aromatic heterocycles. The van der Waals surface area contributed by atoms with E-state index in [1.54, 1.807) is 11.4 Å². The second-order valence-corrected chi connectivity index (χ2v) is 8.36. The summed E-state index contributed by atoms with van der Waals surface area (Å²) in [7, 11) is -3.55. The molecule has 24 heavy (non-hydrogen) atoms. The first-order chi connectivity index (χ1) is 11.5. The third kappa shape index (κ3) is 3.61. The number of rotatable bonds is 6. The lowest BCUT2D eigenvalue weighted by Gasteiger charge is -2.13. The predicted molar refractivity (Wildman–Crippen MR) is 92.9 cm³/mol. The van der Waals surface area contributed by atoms with Crippen molar-refractivity contribution in [3.8, 4) is 0 Å². The van der Waals surface area contributed by atoms with Gasteiger partial charge < -0.3 is 4.74 Å². The molecule has 0 saturated carbocycles. The minimum absolute atomic E-state index is 0.0511. The van der Waals surface area contributed by atoms with Crippen molar-refractivity contribution >= 4 is 33.1 Å². The highest BCUT2D eigenvalue weighted by Crippen LogP contribution is 2.22. The predicted octanol–water partition coefficient (Wildman–Crippen LogP) is 2.61. The number of benzene rings is 1. The number of nitrogens with zero attached hydrogens (tertiary/aromatic N) is 1. The largest absolute Gasteiger partial charge is 0.443 e. The zero-order chi connectivity index (χ0) is 17.2. The maximum absolute atomic E-state index is 12.1. The molecule has 1 N–H and O–H groups in total. The average Bonchev–Trinajstić information content (AvgIpc) is 3.23. The molecule has 1 unspecified atom stereocenters. The molecule has 1 aromatic carbocycles. The van der Waals surface area contributed by atoms with Crippen molar-refractivity contribution in [3.05, 3.63) is 47.3 Å². The molecule has 0 bridgehead atoms. The van der Waals surface area contributed by atoms with Crippen molar-refractivity contribution in [3.63, 3.8) is 0 Å². The second kappa shape index (κ2) is 6.92. The molecule has 3 rings (SSSR count). The minimum Gasteiger partial charge on any atom is -0.443 e. The average molecular weight is 366 g/mol. The Morgan fingerprint density at radius 3 is 2.67 bits per heavy atom. The molecule has 1 aliphatic rings. The van der Waals surface area contributed by atoms with E-state index in [1.165, 1.54) is 16.5 Å². The Bertz CT molecular complexity index is 801. The highest BCUT2D eigenvalue weighted by Gasteiger charge is 2.33. The summed E-state index contributed by atoms with van der Waals surface area (Å²) in [6, 6.07) is 10.9. The first-order valence-corrected chi connectivity index (χ1v) is 9.96. The van der Waals surface area contributed by atoms with Gasteiger partial charge in [0, 0.05) is 12.2 Å². The fourth-order valence-corrected chi connectivity index (χ4v) is 4.54. The van der Waals surface area contributed by atoms with E-state index < -0.39 is 22.2 Å². The van der Waals surface area contributed by atoms with E-state index in [-0.39, 0.29) is 10.8 Å². The SMILES string of the molecule is CCc1ccc(N2CC(CNS(=O)(=O)c3cccs3)OC2=O)cc1. The van der Waals surface area contributed by atoms with Crippen molar-refractivity contribution < 1.29 is 17.9 Å². The number of ether oxygens (including phenoxy) is 1. The van der Waals surface area contributed by atoms with Gasteiger partial charge in [0.15, 0.2) is 0 Å². The van der Waals surface area contributed by atoms with Gasteiger partial charge in [-0.3, -0.25) is 4.90 Å². The lowest BCUT2D eigenvalue weighted by atomic mass is 10.1. The molecule has 0 aliphatic carbocycles. The number of hydrogen-bond donors (Lipinski definition) is 1. The summed E-state index contributed by atoms with van der Waals surface area (Å²) in [6.07, 6.45) is -0.0460. The summed E-state index contributed by atoms with van der Waals surface area (Å²) in [5.41, 5.74) is 1.94. The smallest absolute Gasteiger partial charge is 0.414 e. The second-order valence-electron chi connectivity index (χ2n) is 5.42. The van der Waals surface area contributed by atoms with Gasteiger partial charge in [-0.15, -0.1) is 11.3 Å². The topological polar surface area (TPSA) is 75.7 Å². The molecule has 1 saturated heterocycles. The Morgan fingerprint density at radius 2 is 2.04 bits per heavy atom. The first-order valence-electron chi connectivity index (χ1n) is 7.60. The van der Waals surface area contributed by atoms with E-state index in [0.717, 1.165) is 23.4 Å². The van der Waals surface area contributed by atoms with Crippen molar-refractivity contribution in [2.45, 2.75) is 23.7 Å². The van der Waals surface area contributed by atoms with Gasteiger partial charge in [-0.25, -0.2) is 17.9 Å². The number of carbonyl (C=O) groups excluding carboxylic acids is 1. The van der Waals surface area contributed by atoms with Crippen LogP contribution in [0.3, 0.4) is 0 Å². The van der Waals surface area contributed by atoms with E-state index in [9.17, 15) is 13.2 Å². The number of nitrogens with one attached hydrogen (secondary N) is 1. The number of aryl methyl sites for hydroxylation is 1. The van der Waals surface area contributed by atoms with E-state index in [0.29, 0.717) is 6.54 Å². The maximum Gasteiger partial charge on any atom is 0.414 e. The summed E-state index contributed by atoms with van der Waals surface area (Å²) in [5.74, 6) is 0. The number of thiophene rings is 1. The Balaban J connectivity index is 1.62. The highest BCUT2D eigenvalue weighted by atomic mass is 32.2. The summed E-state index contributed by atoms with van der Waals surface area (Å²) >= 11 is 1.15. The van der Waals surface area contributed by atoms with Crippen LogP contribution in [0.2, 0.25) is 0 Å². The lowest BCUT2D eigenvalue weighted by molar-refractivity contribution is 0.143. The van der Waals surface area contributed by atoms with Crippen molar-refractivity contribution in [2.75, 3.05) is 18.0 Å². The molecule has 0 radical (unpaired) electrons. The third-order valence-corrected chi connectivity index (χ3v) is 6.61. The molecule has 6 nitrogen and oxygen atoms in total. The van der Waals surface area contributed by atoms with Gasteiger partial charge in [0.1, 0.15) is 10.3 Å². The minimum atomic E-state index is -3.55. The normalized spacial score (nSPS) is 18.0. The van der Waals surface area contributed by atoms with E-state index in [4.69, 9.17) is 4.74 Å². The third-order valence-electron chi connectivity index (χ3n) is 3.79. The van der Waals surface area contributed by atoms with Gasteiger partial charge in [-0.05, 0) is 35.6 Å². The monoisotopic (exact) mass is 366 g/mol. The van der Waals surface area contributed by atoms with E-state index in [1.807, 2.05) is 24.3 Å². The standard InChI is InChI=1S/C16H18N2O4S2/c1-2-12-5-7-13(8-6-12)18-11-14(22-16(18)19)10-17-24(20,21)15-4-3-9-23-15/h3-9,14,17H,2,10-11H2,1H3. The maximum atomic E-state index is 12.1. The number of carbonyl (C=O) groups is 1. The molecule has 2 aromatic rings. The highest BCUT2D eigenvalue weighted by molar-refractivity contribution is 7.91. The summed E-state index contributed by atoms with van der Waals surface area (Å²) in [4.78, 5) is 13.5. The van der Waals surface area contributed by atoms with Crippen LogP contribution in [0.15, 0.2) is 46.0 Å². The fraction of sp³-hybridized carbons (Fsp3) is 0.312. The molecule has 1 atom stereocenters. The number of sulfonamides is 1. The Labute approximate surface area is 145 Å². The zero-order valence-corrected chi connectivity index (χ0v) is 14.8. The van der Waals surface area contributed by atoms with Crippen molar-refractivity contribution in [1.82, 2.24) is 4.72 Å². The molecule has 1 aliphatic heterocycles. The van der Waals surface area contributed by atoms with Crippen LogP contribution in [0.5, 0.6) is 0 Å². The van der Waals surface area contributed by atoms with Gasteiger partial charge >= 0.3 is 6.09 Å². The number of anilines is 1. The quantitative estimate of drug-likeness (QED) is 0.853. The van der Waals surface area contributed by atoms with Crippen LogP contribution in [0.1, 0.15) is 12.5 Å². The molecule has 1 fully saturated rings. The van der Waals surface area contributed by atoms with Crippen LogP contribution < -0.4 is 9.62 Å². The van der Waals surface area contributed by atoms with Crippen molar-refractivity contribution in [2.24, 2.45) is 0 Å². The fourth-order valence-electron chi connectivity index (χ4n) is 2.44. The first kappa shape index (κ1) is 16.9. The molecule has 0 spiro atoms. The number of hydrogen-bond acceptors (Lipinski definition) is 5. The molecular formula is C16H18N2O4S2. The van der Waals surface area contributed by atoms with E-state index in [2.05, 4.69) is 11.6 Å². The molecule has 1 amide bonds. The van der Waals surface area contributed by atoms with Gasteiger partial charge in [0.05, 0.1) is 6.54 Å². The van der Waals surface area contributed by atoms with Gasteiger partial charge in [0.25, 0.3) is 0 Å². The molecular weight excluding hydrogens is 348 g/mol. The van der Waals surface area contributed by atoms with Gasteiger partial charge in [-0.1, -0.05) is 25.1 Å². The van der Waals surface area contributed by atoms with Crippen LogP contribution in [0, 0.1) is 0 Å². The molecule has 2 heterocycles. The lowest BCUT2D eigenvalue weighted by Crippen LogP contribution is -2.34. The van der Waals surface area contributed by atoms with Crippen LogP contribution in [0.25, 0.3) is 0 Å². The van der Waals surface area contributed by atoms with Crippen LogP contribution in [-0.2, 0) is 21.2 Å². The summed E-state index contributed by atoms with van der Waals surface area (Å²) < 4.78 is 32.2. The van der Waals surface area contributed by atoms with Crippen molar-refractivity contribution in [1.29, 1.82) is 0 Å². The number of cyclic esters (lactones) is 1. The van der Waals surface area contributed by atoms with Gasteiger partial charge in [0.2, 0.25) is 10.0 Å². The molecule has 128 valence electrons. The number of amides is 1. The Hall–Kier alpha value is -1.90. The van der Waals surface area contributed by atoms with Gasteiger partial charge in [-0.2, -0.15) is 0 Å². The molecule has 8 heteroatoms. The van der Waals surface area contributed by atoms with Crippen LogP contribution in [0.4, 0.5) is 10.5 Å². The zero-order valence-electron chi connectivity index (χ0n) is 13.1. The Morgan fingerprint density at radius 1 is 1.29 bits per heavy atom. The van der Waals surface area contributed by atoms with Crippen LogP contribution >= 0.6 is 11.3 Å². The van der Waals surface area contributed by atoms with Crippen LogP contribution in [-0.4, -0.2) is 33.7 Å².